The number of piperazine rings is 1. The highest BCUT2D eigenvalue weighted by Crippen LogP contribution is 2.35. The summed E-state index contributed by atoms with van der Waals surface area (Å²) in [6.45, 7) is 8.35. The number of halogens is 2. The molecule has 4 rings (SSSR count). The Morgan fingerprint density at radius 2 is 1.54 bits per heavy atom. The van der Waals surface area contributed by atoms with Gasteiger partial charge in [0.25, 0.3) is 0 Å². The van der Waals surface area contributed by atoms with Crippen LogP contribution in [0.2, 0.25) is 0 Å². The van der Waals surface area contributed by atoms with E-state index in [1.165, 1.54) is 27.1 Å². The summed E-state index contributed by atoms with van der Waals surface area (Å²) in [5, 5.41) is 8.87. The molecule has 4 heteroatoms. The summed E-state index contributed by atoms with van der Waals surface area (Å²) in [5.74, 6) is 0. The van der Waals surface area contributed by atoms with Gasteiger partial charge >= 0.3 is 0 Å². The first kappa shape index (κ1) is 20.7. The predicted octanol–water partition coefficient (Wildman–Crippen LogP) is 5.36. The molecule has 0 amide bonds. The largest absolute Gasteiger partial charge is 0.314 e. The maximum Gasteiger partial charge on any atom is 0.0389 e. The van der Waals surface area contributed by atoms with Gasteiger partial charge in [0, 0.05) is 32.2 Å². The Labute approximate surface area is 168 Å². The van der Waals surface area contributed by atoms with Crippen LogP contribution >= 0.6 is 24.8 Å². The fourth-order valence-electron chi connectivity index (χ4n) is 3.98. The normalized spacial score (nSPS) is 15.8. The molecule has 0 spiro atoms. The van der Waals surface area contributed by atoms with Gasteiger partial charge in [-0.3, -0.25) is 4.90 Å². The van der Waals surface area contributed by atoms with Gasteiger partial charge in [-0.25, -0.2) is 0 Å². The van der Waals surface area contributed by atoms with E-state index in [1.807, 2.05) is 0 Å². The molecule has 1 heterocycles. The van der Waals surface area contributed by atoms with E-state index in [9.17, 15) is 0 Å². The van der Waals surface area contributed by atoms with Crippen LogP contribution in [0.5, 0.6) is 0 Å². The summed E-state index contributed by atoms with van der Waals surface area (Å²) in [7, 11) is 0. The summed E-state index contributed by atoms with van der Waals surface area (Å²) < 4.78 is 0. The second-order valence-corrected chi connectivity index (χ2v) is 6.56. The van der Waals surface area contributed by atoms with Gasteiger partial charge in [-0.2, -0.15) is 0 Å². The fraction of sp³-hybridized carbons (Fsp3) is 0.273. The molecule has 2 nitrogen and oxygen atoms in total. The molecule has 0 saturated carbocycles. The van der Waals surface area contributed by atoms with E-state index >= 15 is 0 Å². The average molecular weight is 389 g/mol. The molecule has 1 aliphatic heterocycles. The van der Waals surface area contributed by atoms with Crippen LogP contribution in [0, 0.1) is 0 Å². The minimum absolute atomic E-state index is 0. The highest BCUT2D eigenvalue weighted by molar-refractivity contribution is 6.09. The van der Waals surface area contributed by atoms with E-state index in [1.54, 1.807) is 0 Å². The number of hydrogen-bond acceptors (Lipinski definition) is 2. The van der Waals surface area contributed by atoms with Crippen LogP contribution in [-0.4, -0.2) is 31.1 Å². The summed E-state index contributed by atoms with van der Waals surface area (Å²) >= 11 is 0. The quantitative estimate of drug-likeness (QED) is 0.477. The van der Waals surface area contributed by atoms with Crippen molar-refractivity contribution < 1.29 is 0 Å². The Bertz CT molecular complexity index is 872. The van der Waals surface area contributed by atoms with E-state index in [4.69, 9.17) is 0 Å². The van der Waals surface area contributed by atoms with Crippen molar-refractivity contribution in [1.29, 1.82) is 0 Å². The molecule has 1 fully saturated rings. The predicted molar refractivity (Wildman–Crippen MR) is 118 cm³/mol. The van der Waals surface area contributed by atoms with Crippen LogP contribution < -0.4 is 5.32 Å². The van der Waals surface area contributed by atoms with E-state index in [-0.39, 0.29) is 24.8 Å². The topological polar surface area (TPSA) is 15.3 Å². The van der Waals surface area contributed by atoms with Crippen LogP contribution in [0.4, 0.5) is 0 Å². The Morgan fingerprint density at radius 3 is 2.23 bits per heavy atom. The van der Waals surface area contributed by atoms with E-state index in [2.05, 4.69) is 77.5 Å². The second kappa shape index (κ2) is 9.38. The number of nitrogens with one attached hydrogen (secondary N) is 1. The van der Waals surface area contributed by atoms with Crippen molar-refractivity contribution in [3.05, 3.63) is 72.8 Å². The van der Waals surface area contributed by atoms with Crippen LogP contribution in [0.1, 0.15) is 18.0 Å². The monoisotopic (exact) mass is 388 g/mol. The lowest BCUT2D eigenvalue weighted by Crippen LogP contribution is -2.45. The van der Waals surface area contributed by atoms with Gasteiger partial charge in [0.1, 0.15) is 0 Å². The molecule has 3 aromatic carbocycles. The highest BCUT2D eigenvalue weighted by atomic mass is 35.5. The lowest BCUT2D eigenvalue weighted by molar-refractivity contribution is 0.175. The number of hydrogen-bond donors (Lipinski definition) is 1. The van der Waals surface area contributed by atoms with Gasteiger partial charge < -0.3 is 5.32 Å². The van der Waals surface area contributed by atoms with Gasteiger partial charge in [0.2, 0.25) is 0 Å². The lowest BCUT2D eigenvalue weighted by atomic mass is 9.91. The maximum atomic E-state index is 4.02. The number of fused-ring (bicyclic) bond motifs is 3. The van der Waals surface area contributed by atoms with Crippen molar-refractivity contribution >= 4 is 46.4 Å². The van der Waals surface area contributed by atoms with Crippen LogP contribution in [-0.2, 0) is 0 Å². The first-order chi connectivity index (χ1) is 11.9. The smallest absolute Gasteiger partial charge is 0.0389 e. The molecule has 26 heavy (non-hydrogen) atoms. The number of rotatable bonds is 4. The molecule has 138 valence electrons. The lowest BCUT2D eigenvalue weighted by Gasteiger charge is -2.35. The van der Waals surface area contributed by atoms with Crippen LogP contribution in [0.25, 0.3) is 21.5 Å². The number of benzene rings is 3. The Hall–Kier alpha value is -1.58. The summed E-state index contributed by atoms with van der Waals surface area (Å²) in [6.07, 6.45) is 3.05. The Balaban J connectivity index is 0.00000121. The van der Waals surface area contributed by atoms with Crippen molar-refractivity contribution in [3.63, 3.8) is 0 Å². The average Bonchev–Trinajstić information content (AvgIpc) is 2.66. The van der Waals surface area contributed by atoms with Crippen molar-refractivity contribution in [3.8, 4) is 0 Å². The Morgan fingerprint density at radius 1 is 0.923 bits per heavy atom. The minimum atomic E-state index is 0. The molecule has 0 bridgehead atoms. The van der Waals surface area contributed by atoms with Gasteiger partial charge in [-0.05, 0) is 39.6 Å². The molecular formula is C22H26Cl2N2. The SMILES string of the molecule is C=CC[C@@H](c1cc2ccccc2c2ccccc12)N1CCNCC1.Cl.Cl. The highest BCUT2D eigenvalue weighted by Gasteiger charge is 2.23. The van der Waals surface area contributed by atoms with Gasteiger partial charge in [0.15, 0.2) is 0 Å². The first-order valence-electron chi connectivity index (χ1n) is 8.84. The van der Waals surface area contributed by atoms with Gasteiger partial charge in [0.05, 0.1) is 0 Å². The van der Waals surface area contributed by atoms with Crippen LogP contribution in [0.3, 0.4) is 0 Å². The third kappa shape index (κ3) is 3.89. The third-order valence-corrected chi connectivity index (χ3v) is 5.14. The van der Waals surface area contributed by atoms with E-state index < -0.39 is 0 Å². The van der Waals surface area contributed by atoms with E-state index in [0.29, 0.717) is 6.04 Å². The second-order valence-electron chi connectivity index (χ2n) is 6.56. The van der Waals surface area contributed by atoms with Crippen molar-refractivity contribution in [2.24, 2.45) is 0 Å². The summed E-state index contributed by atoms with van der Waals surface area (Å²) in [4.78, 5) is 2.61. The molecule has 1 saturated heterocycles. The molecule has 0 aromatic heterocycles. The standard InChI is InChI=1S/C22H24N2.2ClH/c1-2-7-22(24-14-12-23-13-15-24)21-16-17-8-3-4-9-18(17)19-10-5-6-11-20(19)21;;/h2-6,8-11,16,22-23H,1,7,12-15H2;2*1H/t22-;;/m0../s1. The van der Waals surface area contributed by atoms with Crippen molar-refractivity contribution in [2.75, 3.05) is 26.2 Å². The van der Waals surface area contributed by atoms with Crippen LogP contribution in [0.15, 0.2) is 67.3 Å². The first-order valence-corrected chi connectivity index (χ1v) is 8.84. The Kier molecular flexibility index (Phi) is 7.48. The van der Waals surface area contributed by atoms with Gasteiger partial charge in [-0.15, -0.1) is 31.4 Å². The van der Waals surface area contributed by atoms with Crippen molar-refractivity contribution in [1.82, 2.24) is 10.2 Å². The zero-order chi connectivity index (χ0) is 16.4. The van der Waals surface area contributed by atoms with Crippen molar-refractivity contribution in [2.45, 2.75) is 12.5 Å². The molecule has 1 atom stereocenters. The molecule has 1 N–H and O–H groups in total. The van der Waals surface area contributed by atoms with Gasteiger partial charge in [-0.1, -0.05) is 54.6 Å². The number of nitrogens with zero attached hydrogens (tertiary/aromatic N) is 1. The molecule has 0 aliphatic carbocycles. The zero-order valence-electron chi connectivity index (χ0n) is 14.9. The molecular weight excluding hydrogens is 363 g/mol. The zero-order valence-corrected chi connectivity index (χ0v) is 16.5. The third-order valence-electron chi connectivity index (χ3n) is 5.14. The van der Waals surface area contributed by atoms with E-state index in [0.717, 1.165) is 32.6 Å². The minimum Gasteiger partial charge on any atom is -0.314 e. The molecule has 3 aromatic rings. The summed E-state index contributed by atoms with van der Waals surface area (Å²) in [5.41, 5.74) is 1.44. The fourth-order valence-corrected chi connectivity index (χ4v) is 3.98. The molecule has 0 radical (unpaired) electrons. The molecule has 1 aliphatic rings. The maximum absolute atomic E-state index is 4.02. The summed E-state index contributed by atoms with van der Waals surface area (Å²) in [6, 6.07) is 20.4. The molecule has 0 unspecified atom stereocenters.